The van der Waals surface area contributed by atoms with Gasteiger partial charge in [0, 0.05) is 29.5 Å². The molecule has 33 heavy (non-hydrogen) atoms. The van der Waals surface area contributed by atoms with Gasteiger partial charge in [-0.25, -0.2) is 4.98 Å². The van der Waals surface area contributed by atoms with Gasteiger partial charge < -0.3 is 14.8 Å². The van der Waals surface area contributed by atoms with Crippen LogP contribution in [0, 0.1) is 27.7 Å². The fraction of sp³-hybridized carbons (Fsp3) is 0.222. The predicted octanol–water partition coefficient (Wildman–Crippen LogP) is 5.68. The Morgan fingerprint density at radius 3 is 2.27 bits per heavy atom. The van der Waals surface area contributed by atoms with E-state index in [0.717, 1.165) is 28.6 Å². The highest BCUT2D eigenvalue weighted by Crippen LogP contribution is 2.43. The Morgan fingerprint density at radius 2 is 1.61 bits per heavy atom. The zero-order valence-corrected chi connectivity index (χ0v) is 20.1. The third kappa shape index (κ3) is 3.70. The molecule has 2 atom stereocenters. The van der Waals surface area contributed by atoms with Crippen LogP contribution >= 0.6 is 12.2 Å². The van der Waals surface area contributed by atoms with Crippen molar-refractivity contribution in [3.05, 3.63) is 107 Å². The van der Waals surface area contributed by atoms with Crippen LogP contribution in [0.3, 0.4) is 0 Å². The molecule has 166 valence electrons. The summed E-state index contributed by atoms with van der Waals surface area (Å²) in [6.07, 6.45) is 3.67. The Labute approximate surface area is 200 Å². The molecule has 4 aromatic rings. The van der Waals surface area contributed by atoms with Crippen molar-refractivity contribution in [1.82, 2.24) is 19.9 Å². The average Bonchev–Trinajstić information content (AvgIpc) is 3.32. The maximum Gasteiger partial charge on any atom is 0.174 e. The van der Waals surface area contributed by atoms with Crippen LogP contribution in [0.15, 0.2) is 73.1 Å². The van der Waals surface area contributed by atoms with E-state index in [0.29, 0.717) is 5.11 Å². The number of thiocarbonyl (C=S) groups is 1. The molecule has 1 aromatic carbocycles. The van der Waals surface area contributed by atoms with Gasteiger partial charge in [0.25, 0.3) is 0 Å². The Morgan fingerprint density at radius 1 is 0.848 bits per heavy atom. The van der Waals surface area contributed by atoms with Gasteiger partial charge in [-0.05, 0) is 99.1 Å². The zero-order chi connectivity index (χ0) is 23.1. The van der Waals surface area contributed by atoms with Crippen molar-refractivity contribution < 1.29 is 0 Å². The van der Waals surface area contributed by atoms with Crippen LogP contribution in [0.25, 0.3) is 5.82 Å². The van der Waals surface area contributed by atoms with Crippen molar-refractivity contribution in [2.45, 2.75) is 39.8 Å². The van der Waals surface area contributed by atoms with E-state index in [1.165, 1.54) is 16.7 Å². The van der Waals surface area contributed by atoms with Crippen molar-refractivity contribution in [2.75, 3.05) is 4.90 Å². The van der Waals surface area contributed by atoms with Crippen molar-refractivity contribution in [1.29, 1.82) is 0 Å². The maximum absolute atomic E-state index is 5.90. The molecule has 1 fully saturated rings. The van der Waals surface area contributed by atoms with Gasteiger partial charge in [0.1, 0.15) is 5.82 Å². The molecule has 4 heterocycles. The molecule has 5 nitrogen and oxygen atoms in total. The van der Waals surface area contributed by atoms with Crippen molar-refractivity contribution in [2.24, 2.45) is 0 Å². The minimum absolute atomic E-state index is 0.0434. The lowest BCUT2D eigenvalue weighted by atomic mass is 9.96. The van der Waals surface area contributed by atoms with Gasteiger partial charge in [0.2, 0.25) is 0 Å². The van der Waals surface area contributed by atoms with Crippen LogP contribution in [0.4, 0.5) is 5.69 Å². The van der Waals surface area contributed by atoms with Gasteiger partial charge in [-0.2, -0.15) is 0 Å². The Bertz CT molecular complexity index is 1310. The van der Waals surface area contributed by atoms with Crippen LogP contribution in [0.5, 0.6) is 0 Å². The fourth-order valence-corrected chi connectivity index (χ4v) is 5.10. The number of pyridine rings is 2. The topological polar surface area (TPSA) is 46.0 Å². The van der Waals surface area contributed by atoms with E-state index in [1.54, 1.807) is 0 Å². The van der Waals surface area contributed by atoms with Crippen LogP contribution in [0.2, 0.25) is 0 Å². The molecular formula is C27H27N5S. The quantitative estimate of drug-likeness (QED) is 0.403. The molecule has 1 aliphatic heterocycles. The molecule has 1 N–H and O–H groups in total. The first-order valence-corrected chi connectivity index (χ1v) is 11.5. The lowest BCUT2D eigenvalue weighted by Gasteiger charge is -2.28. The molecule has 6 heteroatoms. The molecule has 0 amide bonds. The lowest BCUT2D eigenvalue weighted by Crippen LogP contribution is -2.29. The first kappa shape index (κ1) is 21.3. The number of nitrogens with one attached hydrogen (secondary N) is 1. The number of hydrogen-bond donors (Lipinski definition) is 1. The number of aromatic nitrogens is 3. The Hall–Kier alpha value is -3.51. The number of benzene rings is 1. The summed E-state index contributed by atoms with van der Waals surface area (Å²) in [7, 11) is 0. The molecule has 1 saturated heterocycles. The van der Waals surface area contributed by atoms with E-state index in [2.05, 4.69) is 82.8 Å². The second-order valence-electron chi connectivity index (χ2n) is 8.61. The minimum Gasteiger partial charge on any atom is -0.351 e. The highest BCUT2D eigenvalue weighted by molar-refractivity contribution is 7.80. The van der Waals surface area contributed by atoms with Crippen molar-refractivity contribution in [3.63, 3.8) is 0 Å². The smallest absolute Gasteiger partial charge is 0.174 e. The van der Waals surface area contributed by atoms with Crippen LogP contribution < -0.4 is 10.2 Å². The SMILES string of the molecule is Cc1ccc(N2C(=S)N[C@@H](c3ccccn3)[C@H]2c2cc(C)n(-c3ccccn3)c2C)cc1C. The molecule has 0 spiro atoms. The van der Waals surface area contributed by atoms with E-state index in [9.17, 15) is 0 Å². The molecule has 0 saturated carbocycles. The number of anilines is 1. The summed E-state index contributed by atoms with van der Waals surface area (Å²) in [4.78, 5) is 11.5. The number of nitrogens with zero attached hydrogens (tertiary/aromatic N) is 4. The fourth-order valence-electron chi connectivity index (χ4n) is 4.75. The van der Waals surface area contributed by atoms with Gasteiger partial charge in [-0.3, -0.25) is 4.98 Å². The molecule has 3 aromatic heterocycles. The summed E-state index contributed by atoms with van der Waals surface area (Å²) < 4.78 is 2.21. The van der Waals surface area contributed by atoms with E-state index >= 15 is 0 Å². The largest absolute Gasteiger partial charge is 0.351 e. The third-order valence-corrected chi connectivity index (χ3v) is 6.85. The summed E-state index contributed by atoms with van der Waals surface area (Å²) in [5.74, 6) is 0.916. The zero-order valence-electron chi connectivity index (χ0n) is 19.3. The van der Waals surface area contributed by atoms with Gasteiger partial charge in [0.15, 0.2) is 5.11 Å². The van der Waals surface area contributed by atoms with Gasteiger partial charge >= 0.3 is 0 Å². The predicted molar refractivity (Wildman–Crippen MR) is 137 cm³/mol. The first-order valence-electron chi connectivity index (χ1n) is 11.1. The summed E-state index contributed by atoms with van der Waals surface area (Å²) in [6, 6.07) is 20.7. The van der Waals surface area contributed by atoms with Crippen LogP contribution in [-0.2, 0) is 0 Å². The molecule has 0 radical (unpaired) electrons. The minimum atomic E-state index is -0.0713. The van der Waals surface area contributed by atoms with Gasteiger partial charge in [0.05, 0.1) is 17.8 Å². The van der Waals surface area contributed by atoms with Crippen molar-refractivity contribution in [3.8, 4) is 5.82 Å². The number of aryl methyl sites for hydroxylation is 3. The second-order valence-corrected chi connectivity index (χ2v) is 9.00. The monoisotopic (exact) mass is 453 g/mol. The Balaban J connectivity index is 1.69. The summed E-state index contributed by atoms with van der Waals surface area (Å²) in [6.45, 7) is 8.56. The van der Waals surface area contributed by atoms with E-state index < -0.39 is 0 Å². The molecule has 0 aliphatic carbocycles. The highest BCUT2D eigenvalue weighted by Gasteiger charge is 2.42. The van der Waals surface area contributed by atoms with Crippen molar-refractivity contribution >= 4 is 23.0 Å². The molecule has 0 bridgehead atoms. The summed E-state index contributed by atoms with van der Waals surface area (Å²) in [5.41, 5.74) is 8.06. The van der Waals surface area contributed by atoms with E-state index in [4.69, 9.17) is 12.2 Å². The molecule has 5 rings (SSSR count). The lowest BCUT2D eigenvalue weighted by molar-refractivity contribution is 0.565. The second kappa shape index (κ2) is 8.45. The van der Waals surface area contributed by atoms with E-state index in [1.807, 2.05) is 42.7 Å². The third-order valence-electron chi connectivity index (χ3n) is 6.53. The molecule has 1 aliphatic rings. The van der Waals surface area contributed by atoms with Crippen LogP contribution in [0.1, 0.15) is 45.9 Å². The number of rotatable bonds is 4. The summed E-state index contributed by atoms with van der Waals surface area (Å²) in [5, 5.41) is 4.28. The average molecular weight is 454 g/mol. The standard InChI is InChI=1S/C27H27N5S/c1-17-11-12-21(15-18(17)2)32-26(25(30-27(32)33)23-9-5-7-13-28-23)22-16-19(3)31(20(22)4)24-10-6-8-14-29-24/h5-16,25-26H,1-4H3,(H,30,33)/t25-,26+/m0/s1. The van der Waals surface area contributed by atoms with Crippen LogP contribution in [-0.4, -0.2) is 19.6 Å². The van der Waals surface area contributed by atoms with E-state index in [-0.39, 0.29) is 12.1 Å². The number of hydrogen-bond acceptors (Lipinski definition) is 3. The Kier molecular flexibility index (Phi) is 5.46. The van der Waals surface area contributed by atoms with Gasteiger partial charge in [-0.1, -0.05) is 18.2 Å². The highest BCUT2D eigenvalue weighted by atomic mass is 32.1. The maximum atomic E-state index is 5.90. The van der Waals surface area contributed by atoms with Gasteiger partial charge in [-0.15, -0.1) is 0 Å². The summed E-state index contributed by atoms with van der Waals surface area (Å²) >= 11 is 5.90. The normalized spacial score (nSPS) is 17.9. The molecule has 0 unspecified atom stereocenters. The molecular weight excluding hydrogens is 426 g/mol. The first-order chi connectivity index (χ1) is 16.0.